The number of carboxylic acids is 1. The van der Waals surface area contributed by atoms with Crippen LogP contribution in [0.2, 0.25) is 0 Å². The van der Waals surface area contributed by atoms with Crippen molar-refractivity contribution in [3.63, 3.8) is 0 Å². The van der Waals surface area contributed by atoms with Crippen LogP contribution in [0.1, 0.15) is 36.2 Å². The van der Waals surface area contributed by atoms with Gasteiger partial charge in [-0.3, -0.25) is 9.78 Å². The molecular formula is C19H20N2O4. The van der Waals surface area contributed by atoms with Gasteiger partial charge in [-0.2, -0.15) is 0 Å². The normalized spacial score (nSPS) is 15.0. The van der Waals surface area contributed by atoms with E-state index in [-0.39, 0.29) is 6.42 Å². The molecule has 0 radical (unpaired) electrons. The largest absolute Gasteiger partial charge is 0.493 e. The molecule has 0 spiro atoms. The predicted molar refractivity (Wildman–Crippen MR) is 92.7 cm³/mol. The standard InChI is InChI=1S/C19H20N2O4/c1-3-19(2,18(23)24)21-17(22)15-9-14(10-20-11-15)12-4-5-16-13(8-12)6-7-25-16/h4-5,8-11H,3,6-7H2,1-2H3,(H,21,22)(H,23,24). The van der Waals surface area contributed by atoms with Gasteiger partial charge in [-0.05, 0) is 42.7 Å². The number of rotatable bonds is 5. The van der Waals surface area contributed by atoms with E-state index in [1.807, 2.05) is 18.2 Å². The van der Waals surface area contributed by atoms with Gasteiger partial charge in [0, 0.05) is 24.4 Å². The lowest BCUT2D eigenvalue weighted by Gasteiger charge is -2.24. The van der Waals surface area contributed by atoms with Gasteiger partial charge in [0.1, 0.15) is 11.3 Å². The van der Waals surface area contributed by atoms with Crippen molar-refractivity contribution < 1.29 is 19.4 Å². The van der Waals surface area contributed by atoms with Crippen LogP contribution < -0.4 is 10.1 Å². The molecule has 1 unspecified atom stereocenters. The number of carboxylic acid groups (broad SMARTS) is 1. The fourth-order valence-corrected chi connectivity index (χ4v) is 2.70. The minimum Gasteiger partial charge on any atom is -0.493 e. The highest BCUT2D eigenvalue weighted by molar-refractivity contribution is 5.98. The number of nitrogens with zero attached hydrogens (tertiary/aromatic N) is 1. The fraction of sp³-hybridized carbons (Fsp3) is 0.316. The lowest BCUT2D eigenvalue weighted by Crippen LogP contribution is -2.51. The Hall–Kier alpha value is -2.89. The maximum Gasteiger partial charge on any atom is 0.329 e. The third-order valence-corrected chi connectivity index (χ3v) is 4.59. The summed E-state index contributed by atoms with van der Waals surface area (Å²) in [6.45, 7) is 3.89. The highest BCUT2D eigenvalue weighted by atomic mass is 16.5. The summed E-state index contributed by atoms with van der Waals surface area (Å²) in [5.74, 6) is -0.623. The van der Waals surface area contributed by atoms with E-state index in [1.54, 1.807) is 19.2 Å². The number of carbonyl (C=O) groups is 2. The first-order valence-electron chi connectivity index (χ1n) is 8.20. The van der Waals surface area contributed by atoms with Crippen molar-refractivity contribution in [2.24, 2.45) is 0 Å². The molecule has 130 valence electrons. The number of aromatic nitrogens is 1. The average molecular weight is 340 g/mol. The van der Waals surface area contributed by atoms with Crippen LogP contribution in [0.5, 0.6) is 5.75 Å². The quantitative estimate of drug-likeness (QED) is 0.873. The first-order valence-corrected chi connectivity index (χ1v) is 8.20. The summed E-state index contributed by atoms with van der Waals surface area (Å²) < 4.78 is 5.51. The molecule has 0 saturated carbocycles. The van der Waals surface area contributed by atoms with E-state index in [4.69, 9.17) is 4.74 Å². The van der Waals surface area contributed by atoms with Crippen LogP contribution in [0.4, 0.5) is 0 Å². The summed E-state index contributed by atoms with van der Waals surface area (Å²) in [5.41, 5.74) is 1.91. The van der Waals surface area contributed by atoms with Crippen molar-refractivity contribution in [3.8, 4) is 16.9 Å². The van der Waals surface area contributed by atoms with Crippen molar-refractivity contribution in [1.82, 2.24) is 10.3 Å². The van der Waals surface area contributed by atoms with E-state index in [9.17, 15) is 14.7 Å². The van der Waals surface area contributed by atoms with Gasteiger partial charge in [0.25, 0.3) is 5.91 Å². The molecule has 1 aliphatic rings. The van der Waals surface area contributed by atoms with Gasteiger partial charge in [0.2, 0.25) is 0 Å². The minimum atomic E-state index is -1.31. The zero-order valence-electron chi connectivity index (χ0n) is 14.2. The molecular weight excluding hydrogens is 320 g/mol. The Morgan fingerprint density at radius 1 is 1.28 bits per heavy atom. The highest BCUT2D eigenvalue weighted by Gasteiger charge is 2.33. The van der Waals surface area contributed by atoms with Gasteiger partial charge < -0.3 is 15.2 Å². The molecule has 1 atom stereocenters. The van der Waals surface area contributed by atoms with Gasteiger partial charge >= 0.3 is 5.97 Å². The van der Waals surface area contributed by atoms with E-state index in [0.717, 1.165) is 28.9 Å². The Morgan fingerprint density at radius 2 is 2.08 bits per heavy atom. The van der Waals surface area contributed by atoms with E-state index in [1.165, 1.54) is 13.1 Å². The molecule has 1 aliphatic heterocycles. The Morgan fingerprint density at radius 3 is 2.80 bits per heavy atom. The summed E-state index contributed by atoms with van der Waals surface area (Å²) >= 11 is 0. The van der Waals surface area contributed by atoms with Crippen molar-refractivity contribution in [1.29, 1.82) is 0 Å². The molecule has 25 heavy (non-hydrogen) atoms. The first kappa shape index (κ1) is 17.0. The highest BCUT2D eigenvalue weighted by Crippen LogP contribution is 2.30. The molecule has 2 N–H and O–H groups in total. The Labute approximate surface area is 145 Å². The Balaban J connectivity index is 1.86. The van der Waals surface area contributed by atoms with Gasteiger partial charge in [-0.1, -0.05) is 13.0 Å². The number of fused-ring (bicyclic) bond motifs is 1. The van der Waals surface area contributed by atoms with Crippen molar-refractivity contribution in [2.45, 2.75) is 32.2 Å². The lowest BCUT2D eigenvalue weighted by atomic mass is 9.98. The predicted octanol–water partition coefficient (Wildman–Crippen LogP) is 2.67. The van der Waals surface area contributed by atoms with Crippen molar-refractivity contribution in [2.75, 3.05) is 6.61 Å². The number of aliphatic carboxylic acids is 1. The number of nitrogens with one attached hydrogen (secondary N) is 1. The molecule has 2 heterocycles. The van der Waals surface area contributed by atoms with Gasteiger partial charge in [-0.25, -0.2) is 4.79 Å². The third-order valence-electron chi connectivity index (χ3n) is 4.59. The number of hydrogen-bond donors (Lipinski definition) is 2. The van der Waals surface area contributed by atoms with Crippen molar-refractivity contribution in [3.05, 3.63) is 47.8 Å². The minimum absolute atomic E-state index is 0.284. The van der Waals surface area contributed by atoms with Crippen molar-refractivity contribution >= 4 is 11.9 Å². The Kier molecular flexibility index (Phi) is 4.44. The summed E-state index contributed by atoms with van der Waals surface area (Å²) in [6.07, 6.45) is 4.27. The zero-order valence-corrected chi connectivity index (χ0v) is 14.2. The van der Waals surface area contributed by atoms with Gasteiger partial charge in [-0.15, -0.1) is 0 Å². The van der Waals surface area contributed by atoms with E-state index >= 15 is 0 Å². The number of ether oxygens (including phenoxy) is 1. The number of benzene rings is 1. The van der Waals surface area contributed by atoms with E-state index in [0.29, 0.717) is 12.2 Å². The number of amides is 1. The smallest absolute Gasteiger partial charge is 0.329 e. The second-order valence-electron chi connectivity index (χ2n) is 6.33. The number of pyridine rings is 1. The average Bonchev–Trinajstić information content (AvgIpc) is 3.09. The summed E-state index contributed by atoms with van der Waals surface area (Å²) in [7, 11) is 0. The monoisotopic (exact) mass is 340 g/mol. The van der Waals surface area contributed by atoms with E-state index in [2.05, 4.69) is 10.3 Å². The number of carbonyl (C=O) groups excluding carboxylic acids is 1. The molecule has 2 aromatic rings. The fourth-order valence-electron chi connectivity index (χ4n) is 2.70. The second-order valence-corrected chi connectivity index (χ2v) is 6.33. The van der Waals surface area contributed by atoms with Gasteiger partial charge in [0.05, 0.1) is 12.2 Å². The van der Waals surface area contributed by atoms with Crippen LogP contribution in [0.25, 0.3) is 11.1 Å². The maximum atomic E-state index is 12.5. The molecule has 0 fully saturated rings. The Bertz CT molecular complexity index is 834. The lowest BCUT2D eigenvalue weighted by molar-refractivity contribution is -0.143. The van der Waals surface area contributed by atoms with Gasteiger partial charge in [0.15, 0.2) is 0 Å². The molecule has 6 nitrogen and oxygen atoms in total. The van der Waals surface area contributed by atoms with Crippen LogP contribution in [0.3, 0.4) is 0 Å². The van der Waals surface area contributed by atoms with Crippen LogP contribution in [-0.4, -0.2) is 34.1 Å². The summed E-state index contributed by atoms with van der Waals surface area (Å²) in [6, 6.07) is 7.60. The molecule has 0 bridgehead atoms. The molecule has 1 aromatic carbocycles. The topological polar surface area (TPSA) is 88.5 Å². The van der Waals surface area contributed by atoms with Crippen LogP contribution in [0.15, 0.2) is 36.7 Å². The molecule has 6 heteroatoms. The summed E-state index contributed by atoms with van der Waals surface area (Å²) in [5, 5.41) is 11.9. The molecule has 3 rings (SSSR count). The SMILES string of the molecule is CCC(C)(NC(=O)c1cncc(-c2ccc3c(c2)CCO3)c1)C(=O)O. The molecule has 1 amide bonds. The third kappa shape index (κ3) is 3.33. The molecule has 0 aliphatic carbocycles. The number of hydrogen-bond acceptors (Lipinski definition) is 4. The van der Waals surface area contributed by atoms with E-state index < -0.39 is 17.4 Å². The molecule has 0 saturated heterocycles. The van der Waals surface area contributed by atoms with Crippen LogP contribution in [-0.2, 0) is 11.2 Å². The van der Waals surface area contributed by atoms with Crippen LogP contribution >= 0.6 is 0 Å². The second kappa shape index (κ2) is 6.55. The summed E-state index contributed by atoms with van der Waals surface area (Å²) in [4.78, 5) is 28.0. The molecule has 1 aromatic heterocycles. The first-order chi connectivity index (χ1) is 11.9. The van der Waals surface area contributed by atoms with Crippen LogP contribution in [0, 0.1) is 0 Å². The maximum absolute atomic E-state index is 12.5. The zero-order chi connectivity index (χ0) is 18.0.